The monoisotopic (exact) mass is 395 g/mol. The molecule has 134 valence electrons. The van der Waals surface area contributed by atoms with Crippen LogP contribution in [0.2, 0.25) is 10.0 Å². The van der Waals surface area contributed by atoms with Crippen LogP contribution in [0.1, 0.15) is 27.5 Å². The number of ketones is 1. The van der Waals surface area contributed by atoms with E-state index in [0.717, 1.165) is 11.1 Å². The van der Waals surface area contributed by atoms with Gasteiger partial charge in [0.25, 0.3) is 0 Å². The molecule has 0 fully saturated rings. The molecule has 3 nitrogen and oxygen atoms in total. The molecule has 1 aliphatic rings. The van der Waals surface area contributed by atoms with E-state index in [1.54, 1.807) is 36.4 Å². The van der Waals surface area contributed by atoms with Crippen LogP contribution in [-0.2, 0) is 4.74 Å². The third kappa shape index (κ3) is 3.75. The van der Waals surface area contributed by atoms with Crippen molar-refractivity contribution in [1.82, 2.24) is 0 Å². The Labute approximate surface area is 167 Å². The number of ether oxygens (including phenoxy) is 1. The summed E-state index contributed by atoms with van der Waals surface area (Å²) in [5.74, 6) is 0.323. The normalized spacial score (nSPS) is 18.7. The Balaban J connectivity index is 1.71. The van der Waals surface area contributed by atoms with Gasteiger partial charge in [0.1, 0.15) is 6.04 Å². The molecular weight excluding hydrogens is 381 g/mol. The van der Waals surface area contributed by atoms with E-state index in [9.17, 15) is 4.79 Å². The Bertz CT molecular complexity index is 983. The molecule has 0 N–H and O–H groups in total. The summed E-state index contributed by atoms with van der Waals surface area (Å²) >= 11 is 11.9. The van der Waals surface area contributed by atoms with Crippen molar-refractivity contribution in [3.05, 3.63) is 106 Å². The van der Waals surface area contributed by atoms with Crippen LogP contribution in [0.25, 0.3) is 0 Å². The zero-order valence-electron chi connectivity index (χ0n) is 14.2. The first-order chi connectivity index (χ1) is 13.1. The SMILES string of the molecule is O=C(c1ccc(Cl)cc1)[C@@H]1OC(c2ccccc2)=N[C@H]1c1ccc(Cl)cc1. The van der Waals surface area contributed by atoms with Crippen LogP contribution in [0.15, 0.2) is 83.9 Å². The van der Waals surface area contributed by atoms with Gasteiger partial charge in [0, 0.05) is 21.2 Å². The standard InChI is InChI=1S/C22H15Cl2NO2/c23-17-10-6-14(7-11-17)19-21(20(26)15-8-12-18(24)13-9-15)27-22(25-19)16-4-2-1-3-5-16/h1-13,19,21H/t19-,21+/m0/s1. The fraction of sp³-hybridized carbons (Fsp3) is 0.0909. The lowest BCUT2D eigenvalue weighted by Gasteiger charge is -2.17. The van der Waals surface area contributed by atoms with Crippen LogP contribution < -0.4 is 0 Å². The molecule has 1 aliphatic heterocycles. The number of Topliss-reactive ketones (excluding diaryl/α,β-unsaturated/α-hetero) is 1. The molecule has 2 atom stereocenters. The maximum Gasteiger partial charge on any atom is 0.217 e. The van der Waals surface area contributed by atoms with Gasteiger partial charge < -0.3 is 4.74 Å². The van der Waals surface area contributed by atoms with Crippen molar-refractivity contribution in [1.29, 1.82) is 0 Å². The quantitative estimate of drug-likeness (QED) is 0.526. The van der Waals surface area contributed by atoms with E-state index in [-0.39, 0.29) is 5.78 Å². The minimum Gasteiger partial charge on any atom is -0.463 e. The lowest BCUT2D eigenvalue weighted by molar-refractivity contribution is 0.0775. The average molecular weight is 396 g/mol. The molecule has 1 heterocycles. The van der Waals surface area contributed by atoms with Gasteiger partial charge in [-0.25, -0.2) is 4.99 Å². The molecule has 0 aromatic heterocycles. The predicted octanol–water partition coefficient (Wildman–Crippen LogP) is 5.76. The minimum atomic E-state index is -0.748. The van der Waals surface area contributed by atoms with Crippen molar-refractivity contribution in [2.24, 2.45) is 4.99 Å². The minimum absolute atomic E-state index is 0.138. The second-order valence-electron chi connectivity index (χ2n) is 6.21. The predicted molar refractivity (Wildman–Crippen MR) is 108 cm³/mol. The second-order valence-corrected chi connectivity index (χ2v) is 7.08. The third-order valence-electron chi connectivity index (χ3n) is 4.40. The van der Waals surface area contributed by atoms with Crippen LogP contribution in [-0.4, -0.2) is 17.8 Å². The average Bonchev–Trinajstić information content (AvgIpc) is 3.15. The molecule has 0 spiro atoms. The number of rotatable bonds is 4. The number of nitrogens with zero attached hydrogens (tertiary/aromatic N) is 1. The van der Waals surface area contributed by atoms with Crippen molar-refractivity contribution < 1.29 is 9.53 Å². The Morgan fingerprint density at radius 3 is 2.04 bits per heavy atom. The van der Waals surface area contributed by atoms with Gasteiger partial charge in [-0.3, -0.25) is 4.79 Å². The fourth-order valence-electron chi connectivity index (χ4n) is 3.02. The molecule has 0 unspecified atom stereocenters. The zero-order chi connectivity index (χ0) is 18.8. The van der Waals surface area contributed by atoms with Gasteiger partial charge in [-0.2, -0.15) is 0 Å². The van der Waals surface area contributed by atoms with Gasteiger partial charge in [0.15, 0.2) is 6.10 Å². The summed E-state index contributed by atoms with van der Waals surface area (Å²) < 4.78 is 6.03. The maximum atomic E-state index is 13.1. The number of hydrogen-bond acceptors (Lipinski definition) is 3. The highest BCUT2D eigenvalue weighted by atomic mass is 35.5. The maximum absolute atomic E-state index is 13.1. The lowest BCUT2D eigenvalue weighted by Crippen LogP contribution is -2.27. The summed E-state index contributed by atoms with van der Waals surface area (Å²) in [7, 11) is 0. The number of hydrogen-bond donors (Lipinski definition) is 0. The molecule has 0 saturated heterocycles. The largest absolute Gasteiger partial charge is 0.463 e. The third-order valence-corrected chi connectivity index (χ3v) is 4.91. The Hall–Kier alpha value is -2.62. The lowest BCUT2D eigenvalue weighted by atomic mass is 9.96. The number of halogens is 2. The molecule has 0 bridgehead atoms. The highest BCUT2D eigenvalue weighted by molar-refractivity contribution is 6.31. The van der Waals surface area contributed by atoms with Crippen molar-refractivity contribution in [3.8, 4) is 0 Å². The Morgan fingerprint density at radius 2 is 1.41 bits per heavy atom. The van der Waals surface area contributed by atoms with Gasteiger partial charge in [-0.05, 0) is 54.1 Å². The topological polar surface area (TPSA) is 38.7 Å². The first-order valence-electron chi connectivity index (χ1n) is 8.47. The van der Waals surface area contributed by atoms with Gasteiger partial charge in [0.05, 0.1) is 0 Å². The van der Waals surface area contributed by atoms with E-state index < -0.39 is 12.1 Å². The summed E-state index contributed by atoms with van der Waals surface area (Å²) in [6.07, 6.45) is -0.748. The first-order valence-corrected chi connectivity index (χ1v) is 9.22. The van der Waals surface area contributed by atoms with E-state index in [4.69, 9.17) is 32.9 Å². The number of benzene rings is 3. The van der Waals surface area contributed by atoms with Crippen LogP contribution in [0.4, 0.5) is 0 Å². The molecule has 3 aromatic carbocycles. The fourth-order valence-corrected chi connectivity index (χ4v) is 3.27. The number of carbonyl (C=O) groups is 1. The summed E-state index contributed by atoms with van der Waals surface area (Å²) in [6, 6.07) is 23.2. The Kier molecular flexibility index (Phi) is 4.97. The molecule has 0 amide bonds. The summed E-state index contributed by atoms with van der Waals surface area (Å²) in [5.41, 5.74) is 2.24. The van der Waals surface area contributed by atoms with Gasteiger partial charge in [0.2, 0.25) is 11.7 Å². The molecule has 0 saturated carbocycles. The van der Waals surface area contributed by atoms with Crippen LogP contribution in [0, 0.1) is 0 Å². The van der Waals surface area contributed by atoms with Gasteiger partial charge in [-0.1, -0.05) is 53.5 Å². The summed E-state index contributed by atoms with van der Waals surface area (Å²) in [5, 5.41) is 1.21. The van der Waals surface area contributed by atoms with E-state index >= 15 is 0 Å². The van der Waals surface area contributed by atoms with Crippen LogP contribution in [0.3, 0.4) is 0 Å². The van der Waals surface area contributed by atoms with Crippen molar-refractivity contribution in [2.75, 3.05) is 0 Å². The molecule has 27 heavy (non-hydrogen) atoms. The second kappa shape index (κ2) is 7.55. The van der Waals surface area contributed by atoms with E-state index in [0.29, 0.717) is 21.5 Å². The molecule has 3 aromatic rings. The molecule has 4 rings (SSSR count). The van der Waals surface area contributed by atoms with Crippen molar-refractivity contribution in [3.63, 3.8) is 0 Å². The van der Waals surface area contributed by atoms with E-state index in [1.807, 2.05) is 42.5 Å². The molecular formula is C22H15Cl2NO2. The van der Waals surface area contributed by atoms with Gasteiger partial charge in [-0.15, -0.1) is 0 Å². The highest BCUT2D eigenvalue weighted by Crippen LogP contribution is 2.33. The van der Waals surface area contributed by atoms with Crippen molar-refractivity contribution >= 4 is 34.9 Å². The Morgan fingerprint density at radius 1 is 0.815 bits per heavy atom. The molecule has 0 aliphatic carbocycles. The first kappa shape index (κ1) is 17.8. The van der Waals surface area contributed by atoms with E-state index in [2.05, 4.69) is 0 Å². The smallest absolute Gasteiger partial charge is 0.217 e. The molecule has 5 heteroatoms. The summed E-state index contributed by atoms with van der Waals surface area (Å²) in [6.45, 7) is 0. The number of aliphatic imine (C=N–C) groups is 1. The van der Waals surface area contributed by atoms with Gasteiger partial charge >= 0.3 is 0 Å². The highest BCUT2D eigenvalue weighted by Gasteiger charge is 2.38. The van der Waals surface area contributed by atoms with Crippen molar-refractivity contribution in [2.45, 2.75) is 12.1 Å². The zero-order valence-corrected chi connectivity index (χ0v) is 15.7. The van der Waals surface area contributed by atoms with Crippen LogP contribution >= 0.6 is 23.2 Å². The molecule has 0 radical (unpaired) electrons. The number of carbonyl (C=O) groups excluding carboxylic acids is 1. The van der Waals surface area contributed by atoms with Crippen LogP contribution in [0.5, 0.6) is 0 Å². The van der Waals surface area contributed by atoms with E-state index in [1.165, 1.54) is 0 Å². The summed E-state index contributed by atoms with van der Waals surface area (Å²) in [4.78, 5) is 17.8.